The van der Waals surface area contributed by atoms with Crippen LogP contribution in [-0.2, 0) is 14.6 Å². The highest BCUT2D eigenvalue weighted by Crippen LogP contribution is 2.38. The van der Waals surface area contributed by atoms with E-state index in [1.807, 2.05) is 0 Å². The zero-order chi connectivity index (χ0) is 19.8. The van der Waals surface area contributed by atoms with Gasteiger partial charge in [-0.3, -0.25) is 19.7 Å². The van der Waals surface area contributed by atoms with Gasteiger partial charge in [0.15, 0.2) is 16.4 Å². The molecule has 1 heterocycles. The summed E-state index contributed by atoms with van der Waals surface area (Å²) in [6.07, 6.45) is 1.13. The standard InChI is InChI=1S/C18H18N2O6S/c1-11(12-3-6-14(7-4-12)27(2,24)25)20-15-9-13(18(22)19-23)5-8-16(15)26-10-17(20)21/h3-9,11,23H,10H2,1-2H3,(H,19,22). The van der Waals surface area contributed by atoms with E-state index in [4.69, 9.17) is 9.94 Å². The molecule has 9 heteroatoms. The van der Waals surface area contributed by atoms with Crippen LogP contribution in [0.15, 0.2) is 47.4 Å². The number of carbonyl (C=O) groups is 2. The van der Waals surface area contributed by atoms with Crippen LogP contribution in [0.3, 0.4) is 0 Å². The second-order valence-corrected chi connectivity index (χ2v) is 8.21. The zero-order valence-electron chi connectivity index (χ0n) is 14.7. The normalized spacial score (nSPS) is 14.9. The first kappa shape index (κ1) is 18.9. The van der Waals surface area contributed by atoms with E-state index in [2.05, 4.69) is 0 Å². The lowest BCUT2D eigenvalue weighted by molar-refractivity contribution is -0.121. The summed E-state index contributed by atoms with van der Waals surface area (Å²) in [7, 11) is -3.32. The SMILES string of the molecule is CC(c1ccc(S(C)(=O)=O)cc1)N1C(=O)COc2ccc(C(=O)NO)cc21. The van der Waals surface area contributed by atoms with Crippen LogP contribution in [0.2, 0.25) is 0 Å². The maximum absolute atomic E-state index is 12.5. The van der Waals surface area contributed by atoms with E-state index in [9.17, 15) is 18.0 Å². The van der Waals surface area contributed by atoms with Crippen molar-refractivity contribution in [1.29, 1.82) is 0 Å². The molecule has 1 unspecified atom stereocenters. The Balaban J connectivity index is 2.01. The van der Waals surface area contributed by atoms with E-state index in [0.717, 1.165) is 11.8 Å². The average molecular weight is 390 g/mol. The summed E-state index contributed by atoms with van der Waals surface area (Å²) < 4.78 is 28.7. The molecular weight excluding hydrogens is 372 g/mol. The lowest BCUT2D eigenvalue weighted by atomic mass is 10.0. The Hall–Kier alpha value is -2.91. The Labute approximate surface area is 156 Å². The second kappa shape index (κ2) is 7.01. The number of sulfone groups is 1. The van der Waals surface area contributed by atoms with Crippen molar-refractivity contribution >= 4 is 27.3 Å². The quantitative estimate of drug-likeness (QED) is 0.607. The number of amides is 2. The lowest BCUT2D eigenvalue weighted by Gasteiger charge is -2.34. The molecule has 0 fully saturated rings. The number of carbonyl (C=O) groups excluding carboxylic acids is 2. The lowest BCUT2D eigenvalue weighted by Crippen LogP contribution is -2.40. The number of ether oxygens (including phenoxy) is 1. The topological polar surface area (TPSA) is 113 Å². The summed E-state index contributed by atoms with van der Waals surface area (Å²) in [5.41, 5.74) is 2.84. The van der Waals surface area contributed by atoms with E-state index in [1.54, 1.807) is 30.6 Å². The molecular formula is C18H18N2O6S. The summed E-state index contributed by atoms with van der Waals surface area (Å²) in [6.45, 7) is 1.64. The van der Waals surface area contributed by atoms with Crippen molar-refractivity contribution in [2.24, 2.45) is 0 Å². The van der Waals surface area contributed by atoms with Crippen molar-refractivity contribution in [3.05, 3.63) is 53.6 Å². The van der Waals surface area contributed by atoms with Crippen molar-refractivity contribution in [2.75, 3.05) is 17.8 Å². The van der Waals surface area contributed by atoms with Crippen molar-refractivity contribution in [3.63, 3.8) is 0 Å². The first-order valence-corrected chi connectivity index (χ1v) is 9.95. The molecule has 2 N–H and O–H groups in total. The fourth-order valence-electron chi connectivity index (χ4n) is 2.94. The van der Waals surface area contributed by atoms with Gasteiger partial charge in [0, 0.05) is 11.8 Å². The number of fused-ring (bicyclic) bond motifs is 1. The van der Waals surface area contributed by atoms with E-state index in [1.165, 1.54) is 29.2 Å². The second-order valence-electron chi connectivity index (χ2n) is 6.19. The highest BCUT2D eigenvalue weighted by atomic mass is 32.2. The monoisotopic (exact) mass is 390 g/mol. The minimum Gasteiger partial charge on any atom is -0.482 e. The number of nitrogens with zero attached hydrogens (tertiary/aromatic N) is 1. The Morgan fingerprint density at radius 3 is 2.48 bits per heavy atom. The number of benzene rings is 2. The van der Waals surface area contributed by atoms with Crippen LogP contribution in [0.25, 0.3) is 0 Å². The molecule has 2 aromatic rings. The molecule has 0 spiro atoms. The molecule has 1 aliphatic rings. The fraction of sp³-hybridized carbons (Fsp3) is 0.222. The van der Waals surface area contributed by atoms with Crippen LogP contribution >= 0.6 is 0 Å². The maximum Gasteiger partial charge on any atom is 0.274 e. The van der Waals surface area contributed by atoms with Gasteiger partial charge in [-0.1, -0.05) is 12.1 Å². The molecule has 0 aromatic heterocycles. The van der Waals surface area contributed by atoms with Gasteiger partial charge in [-0.05, 0) is 42.8 Å². The van der Waals surface area contributed by atoms with Gasteiger partial charge in [-0.15, -0.1) is 0 Å². The first-order valence-electron chi connectivity index (χ1n) is 8.05. The molecule has 8 nitrogen and oxygen atoms in total. The minimum absolute atomic E-state index is 0.149. The van der Waals surface area contributed by atoms with Crippen LogP contribution in [0.1, 0.15) is 28.9 Å². The highest BCUT2D eigenvalue weighted by Gasteiger charge is 2.31. The third kappa shape index (κ3) is 3.64. The van der Waals surface area contributed by atoms with Gasteiger partial charge in [0.2, 0.25) is 0 Å². The third-order valence-electron chi connectivity index (χ3n) is 4.38. The molecule has 1 atom stereocenters. The summed E-state index contributed by atoms with van der Waals surface area (Å²) in [5.74, 6) is -0.576. The first-order chi connectivity index (χ1) is 12.7. The molecule has 142 valence electrons. The van der Waals surface area contributed by atoms with Crippen molar-refractivity contribution in [1.82, 2.24) is 5.48 Å². The van der Waals surface area contributed by atoms with E-state index < -0.39 is 21.8 Å². The Morgan fingerprint density at radius 2 is 1.89 bits per heavy atom. The summed E-state index contributed by atoms with van der Waals surface area (Å²) in [4.78, 5) is 25.9. The third-order valence-corrected chi connectivity index (χ3v) is 5.51. The van der Waals surface area contributed by atoms with Crippen LogP contribution in [-0.4, -0.2) is 38.3 Å². The van der Waals surface area contributed by atoms with E-state index in [0.29, 0.717) is 11.4 Å². The van der Waals surface area contributed by atoms with E-state index >= 15 is 0 Å². The van der Waals surface area contributed by atoms with Gasteiger partial charge >= 0.3 is 0 Å². The van der Waals surface area contributed by atoms with Crippen molar-refractivity contribution in [2.45, 2.75) is 17.9 Å². The van der Waals surface area contributed by atoms with Gasteiger partial charge in [-0.25, -0.2) is 13.9 Å². The van der Waals surface area contributed by atoms with Crippen molar-refractivity contribution in [3.8, 4) is 5.75 Å². The molecule has 1 aliphatic heterocycles. The predicted octanol–water partition coefficient (Wildman–Crippen LogP) is 1.70. The largest absolute Gasteiger partial charge is 0.482 e. The number of hydrogen-bond acceptors (Lipinski definition) is 6. The number of hydroxylamine groups is 1. The molecule has 0 radical (unpaired) electrons. The summed E-state index contributed by atoms with van der Waals surface area (Å²) in [6, 6.07) is 10.3. The van der Waals surface area contributed by atoms with Crippen LogP contribution in [0.4, 0.5) is 5.69 Å². The average Bonchev–Trinajstić information content (AvgIpc) is 2.65. The molecule has 27 heavy (non-hydrogen) atoms. The van der Waals surface area contributed by atoms with E-state index in [-0.39, 0.29) is 23.0 Å². The van der Waals surface area contributed by atoms with Crippen LogP contribution in [0, 0.1) is 0 Å². The molecule has 0 saturated carbocycles. The maximum atomic E-state index is 12.5. The minimum atomic E-state index is -3.32. The van der Waals surface area contributed by atoms with Crippen molar-refractivity contribution < 1.29 is 28.0 Å². The molecule has 0 aliphatic carbocycles. The molecule has 3 rings (SSSR count). The van der Waals surface area contributed by atoms with Crippen LogP contribution in [0.5, 0.6) is 5.75 Å². The van der Waals surface area contributed by atoms with Gasteiger partial charge in [-0.2, -0.15) is 0 Å². The number of hydrogen-bond donors (Lipinski definition) is 2. The zero-order valence-corrected chi connectivity index (χ0v) is 15.5. The number of anilines is 1. The van der Waals surface area contributed by atoms with Gasteiger partial charge in [0.1, 0.15) is 5.75 Å². The van der Waals surface area contributed by atoms with Gasteiger partial charge in [0.05, 0.1) is 16.6 Å². The number of nitrogens with one attached hydrogen (secondary N) is 1. The fourth-order valence-corrected chi connectivity index (χ4v) is 3.57. The molecule has 0 bridgehead atoms. The predicted molar refractivity (Wildman–Crippen MR) is 96.6 cm³/mol. The molecule has 0 saturated heterocycles. The molecule has 2 aromatic carbocycles. The van der Waals surface area contributed by atoms with Gasteiger partial charge in [0.25, 0.3) is 11.8 Å². The number of rotatable bonds is 4. The molecule has 2 amide bonds. The summed E-state index contributed by atoms with van der Waals surface area (Å²) in [5, 5.41) is 8.83. The highest BCUT2D eigenvalue weighted by molar-refractivity contribution is 7.90. The summed E-state index contributed by atoms with van der Waals surface area (Å²) >= 11 is 0. The Morgan fingerprint density at radius 1 is 1.22 bits per heavy atom. The van der Waals surface area contributed by atoms with Crippen LogP contribution < -0.4 is 15.1 Å². The smallest absolute Gasteiger partial charge is 0.274 e. The van der Waals surface area contributed by atoms with Gasteiger partial charge < -0.3 is 4.74 Å². The Bertz CT molecular complexity index is 1000. The Kier molecular flexibility index (Phi) is 4.90.